The molecule has 0 atom stereocenters. The minimum Gasteiger partial charge on any atom is -0.462 e. The van der Waals surface area contributed by atoms with E-state index in [2.05, 4.69) is 0 Å². The molecule has 0 saturated carbocycles. The van der Waals surface area contributed by atoms with Gasteiger partial charge in [-0.1, -0.05) is 6.92 Å². The van der Waals surface area contributed by atoms with Crippen molar-refractivity contribution in [3.63, 3.8) is 0 Å². The standard InChI is InChI=1S/C10H20O4/c1-5-10(13-7-3,14-8-4)9(11)12-6-2/h5-8H2,1-4H3. The molecule has 0 unspecified atom stereocenters. The third-order valence-corrected chi connectivity index (χ3v) is 1.81. The van der Waals surface area contributed by atoms with Crippen molar-refractivity contribution >= 4 is 5.97 Å². The van der Waals surface area contributed by atoms with Gasteiger partial charge in [0.05, 0.1) is 6.61 Å². The molecule has 0 aromatic carbocycles. The van der Waals surface area contributed by atoms with E-state index in [9.17, 15) is 4.79 Å². The maximum atomic E-state index is 11.6. The highest BCUT2D eigenvalue weighted by molar-refractivity contribution is 5.77. The molecule has 0 bridgehead atoms. The van der Waals surface area contributed by atoms with Gasteiger partial charge < -0.3 is 14.2 Å². The number of rotatable bonds is 7. The van der Waals surface area contributed by atoms with Gasteiger partial charge in [-0.2, -0.15) is 0 Å². The van der Waals surface area contributed by atoms with Gasteiger partial charge in [0, 0.05) is 19.6 Å². The molecule has 14 heavy (non-hydrogen) atoms. The highest BCUT2D eigenvalue weighted by Crippen LogP contribution is 2.20. The Kier molecular flexibility index (Phi) is 6.49. The van der Waals surface area contributed by atoms with E-state index < -0.39 is 11.8 Å². The third-order valence-electron chi connectivity index (χ3n) is 1.81. The molecular weight excluding hydrogens is 184 g/mol. The second kappa shape index (κ2) is 6.79. The van der Waals surface area contributed by atoms with E-state index in [1.54, 1.807) is 6.92 Å². The first-order chi connectivity index (χ1) is 6.66. The van der Waals surface area contributed by atoms with Gasteiger partial charge in [0.1, 0.15) is 0 Å². The summed E-state index contributed by atoms with van der Waals surface area (Å²) >= 11 is 0. The number of ether oxygens (including phenoxy) is 3. The lowest BCUT2D eigenvalue weighted by Gasteiger charge is -2.29. The van der Waals surface area contributed by atoms with Crippen LogP contribution in [0.3, 0.4) is 0 Å². The Morgan fingerprint density at radius 1 is 1.00 bits per heavy atom. The summed E-state index contributed by atoms with van der Waals surface area (Å²) in [5, 5.41) is 0. The molecule has 0 saturated heterocycles. The zero-order chi connectivity index (χ0) is 11.0. The maximum absolute atomic E-state index is 11.6. The van der Waals surface area contributed by atoms with Crippen LogP contribution in [0.2, 0.25) is 0 Å². The average Bonchev–Trinajstić information content (AvgIpc) is 2.17. The van der Waals surface area contributed by atoms with Crippen LogP contribution in [-0.4, -0.2) is 31.6 Å². The minimum atomic E-state index is -1.21. The van der Waals surface area contributed by atoms with E-state index in [0.29, 0.717) is 26.2 Å². The summed E-state index contributed by atoms with van der Waals surface area (Å²) in [5.74, 6) is -1.65. The monoisotopic (exact) mass is 204 g/mol. The molecule has 4 heteroatoms. The highest BCUT2D eigenvalue weighted by atomic mass is 16.7. The first kappa shape index (κ1) is 13.4. The quantitative estimate of drug-likeness (QED) is 0.468. The fourth-order valence-electron chi connectivity index (χ4n) is 1.22. The summed E-state index contributed by atoms with van der Waals surface area (Å²) in [7, 11) is 0. The summed E-state index contributed by atoms with van der Waals surface area (Å²) in [6, 6.07) is 0. The van der Waals surface area contributed by atoms with Crippen molar-refractivity contribution in [1.29, 1.82) is 0 Å². The van der Waals surface area contributed by atoms with Gasteiger partial charge in [0.2, 0.25) is 0 Å². The van der Waals surface area contributed by atoms with Gasteiger partial charge in [0.25, 0.3) is 5.79 Å². The average molecular weight is 204 g/mol. The molecule has 0 fully saturated rings. The zero-order valence-electron chi connectivity index (χ0n) is 9.46. The van der Waals surface area contributed by atoms with Crippen molar-refractivity contribution < 1.29 is 19.0 Å². The molecular formula is C10H20O4. The first-order valence-corrected chi connectivity index (χ1v) is 5.11. The Morgan fingerprint density at radius 2 is 1.50 bits per heavy atom. The molecule has 4 nitrogen and oxygen atoms in total. The lowest BCUT2D eigenvalue weighted by atomic mass is 10.2. The van der Waals surface area contributed by atoms with Gasteiger partial charge in [-0.3, -0.25) is 0 Å². The molecule has 0 aromatic heterocycles. The van der Waals surface area contributed by atoms with Crippen LogP contribution in [0.5, 0.6) is 0 Å². The van der Waals surface area contributed by atoms with Crippen LogP contribution >= 0.6 is 0 Å². The highest BCUT2D eigenvalue weighted by Gasteiger charge is 2.40. The van der Waals surface area contributed by atoms with E-state index in [1.807, 2.05) is 20.8 Å². The SMILES string of the molecule is CCOC(=O)C(CC)(OCC)OCC. The summed E-state index contributed by atoms with van der Waals surface area (Å²) in [4.78, 5) is 11.6. The van der Waals surface area contributed by atoms with Gasteiger partial charge in [0.15, 0.2) is 0 Å². The second-order valence-corrected chi connectivity index (χ2v) is 2.69. The van der Waals surface area contributed by atoms with Gasteiger partial charge in [-0.05, 0) is 20.8 Å². The Balaban J connectivity index is 4.54. The van der Waals surface area contributed by atoms with Gasteiger partial charge in [-0.25, -0.2) is 4.79 Å². The number of hydrogen-bond acceptors (Lipinski definition) is 4. The molecule has 0 rings (SSSR count). The minimum absolute atomic E-state index is 0.334. The molecule has 0 radical (unpaired) electrons. The number of carbonyl (C=O) groups excluding carboxylic acids is 1. The predicted molar refractivity (Wildman–Crippen MR) is 52.9 cm³/mol. The van der Waals surface area contributed by atoms with E-state index in [1.165, 1.54) is 0 Å². The Hall–Kier alpha value is -0.610. The molecule has 0 amide bonds. The van der Waals surface area contributed by atoms with Crippen LogP contribution in [0.4, 0.5) is 0 Å². The lowest BCUT2D eigenvalue weighted by molar-refractivity contribution is -0.246. The van der Waals surface area contributed by atoms with Crippen LogP contribution in [0.1, 0.15) is 34.1 Å². The molecule has 0 aromatic rings. The van der Waals surface area contributed by atoms with Crippen molar-refractivity contribution in [2.24, 2.45) is 0 Å². The van der Waals surface area contributed by atoms with E-state index in [4.69, 9.17) is 14.2 Å². The van der Waals surface area contributed by atoms with Crippen LogP contribution in [0, 0.1) is 0 Å². The molecule has 0 aliphatic rings. The van der Waals surface area contributed by atoms with Crippen molar-refractivity contribution in [2.45, 2.75) is 39.9 Å². The van der Waals surface area contributed by atoms with Crippen molar-refractivity contribution in [1.82, 2.24) is 0 Å². The zero-order valence-corrected chi connectivity index (χ0v) is 9.46. The van der Waals surface area contributed by atoms with Crippen LogP contribution in [0.25, 0.3) is 0 Å². The van der Waals surface area contributed by atoms with Crippen LogP contribution in [0.15, 0.2) is 0 Å². The van der Waals surface area contributed by atoms with E-state index >= 15 is 0 Å². The maximum Gasteiger partial charge on any atom is 0.366 e. The molecule has 0 aliphatic carbocycles. The van der Waals surface area contributed by atoms with Crippen molar-refractivity contribution in [2.75, 3.05) is 19.8 Å². The van der Waals surface area contributed by atoms with Crippen molar-refractivity contribution in [3.05, 3.63) is 0 Å². The Labute approximate surface area is 85.5 Å². The molecule has 0 heterocycles. The third kappa shape index (κ3) is 3.27. The number of hydrogen-bond donors (Lipinski definition) is 0. The summed E-state index contributed by atoms with van der Waals surface area (Å²) in [6.07, 6.45) is 0.452. The fraction of sp³-hybridized carbons (Fsp3) is 0.900. The summed E-state index contributed by atoms with van der Waals surface area (Å²) in [5.41, 5.74) is 0. The van der Waals surface area contributed by atoms with E-state index in [-0.39, 0.29) is 0 Å². The largest absolute Gasteiger partial charge is 0.462 e. The number of carbonyl (C=O) groups is 1. The first-order valence-electron chi connectivity index (χ1n) is 5.11. The molecule has 0 N–H and O–H groups in total. The van der Waals surface area contributed by atoms with E-state index in [0.717, 1.165) is 0 Å². The topological polar surface area (TPSA) is 44.8 Å². The lowest BCUT2D eigenvalue weighted by Crippen LogP contribution is -2.45. The Bertz CT molecular complexity index is 162. The van der Waals surface area contributed by atoms with Crippen LogP contribution in [-0.2, 0) is 19.0 Å². The second-order valence-electron chi connectivity index (χ2n) is 2.69. The fourth-order valence-corrected chi connectivity index (χ4v) is 1.22. The number of esters is 1. The summed E-state index contributed by atoms with van der Waals surface area (Å²) in [6.45, 7) is 8.42. The molecule has 0 spiro atoms. The smallest absolute Gasteiger partial charge is 0.366 e. The van der Waals surface area contributed by atoms with Gasteiger partial charge in [-0.15, -0.1) is 0 Å². The Morgan fingerprint density at radius 3 is 1.79 bits per heavy atom. The van der Waals surface area contributed by atoms with Gasteiger partial charge >= 0.3 is 5.97 Å². The van der Waals surface area contributed by atoms with Crippen LogP contribution < -0.4 is 0 Å². The predicted octanol–water partition coefficient (Wildman–Crippen LogP) is 1.73. The normalized spacial score (nSPS) is 11.4. The molecule has 84 valence electrons. The van der Waals surface area contributed by atoms with Crippen molar-refractivity contribution in [3.8, 4) is 0 Å². The summed E-state index contributed by atoms with van der Waals surface area (Å²) < 4.78 is 15.6. The molecule has 0 aliphatic heterocycles.